The van der Waals surface area contributed by atoms with Crippen LogP contribution in [0, 0.1) is 5.41 Å². The Balaban J connectivity index is 2.10. The van der Waals surface area contributed by atoms with E-state index in [2.05, 4.69) is 0 Å². The zero-order valence-electron chi connectivity index (χ0n) is 10.5. The quantitative estimate of drug-likeness (QED) is 0.739. The molecule has 2 aliphatic heterocycles. The van der Waals surface area contributed by atoms with Crippen molar-refractivity contribution in [3.05, 3.63) is 0 Å². The summed E-state index contributed by atoms with van der Waals surface area (Å²) >= 11 is 0. The van der Waals surface area contributed by atoms with Gasteiger partial charge in [-0.3, -0.25) is 4.79 Å². The van der Waals surface area contributed by atoms with Gasteiger partial charge in [-0.15, -0.1) is 0 Å². The number of ether oxygens (including phenoxy) is 2. The minimum Gasteiger partial charge on any atom is -0.381 e. The second-order valence-electron chi connectivity index (χ2n) is 5.02. The first-order valence-corrected chi connectivity index (χ1v) is 6.36. The van der Waals surface area contributed by atoms with E-state index in [4.69, 9.17) is 15.2 Å². The predicted octanol–water partition coefficient (Wildman–Crippen LogP) is -0.0108. The molecule has 0 aromatic carbocycles. The average molecular weight is 242 g/mol. The summed E-state index contributed by atoms with van der Waals surface area (Å²) in [5, 5.41) is 0. The summed E-state index contributed by atoms with van der Waals surface area (Å²) in [6.45, 7) is 5.67. The van der Waals surface area contributed by atoms with Crippen LogP contribution < -0.4 is 5.73 Å². The van der Waals surface area contributed by atoms with Crippen molar-refractivity contribution < 1.29 is 14.3 Å². The molecule has 2 N–H and O–H groups in total. The van der Waals surface area contributed by atoms with Crippen LogP contribution in [0.3, 0.4) is 0 Å². The zero-order chi connectivity index (χ0) is 12.3. The van der Waals surface area contributed by atoms with Crippen LogP contribution >= 0.6 is 0 Å². The standard InChI is InChI=1S/C12H22N2O3/c1-10-8-17-7-4-14(10)11(15)12(9-13)2-5-16-6-3-12/h10H,2-9,13H2,1H3. The lowest BCUT2D eigenvalue weighted by Crippen LogP contribution is -2.56. The second-order valence-corrected chi connectivity index (χ2v) is 5.02. The lowest BCUT2D eigenvalue weighted by Gasteiger charge is -2.42. The Morgan fingerprint density at radius 1 is 1.35 bits per heavy atom. The number of morpholine rings is 1. The van der Waals surface area contributed by atoms with Crippen LogP contribution in [0.15, 0.2) is 0 Å². The van der Waals surface area contributed by atoms with Gasteiger partial charge in [-0.1, -0.05) is 0 Å². The van der Waals surface area contributed by atoms with Gasteiger partial charge in [0.2, 0.25) is 5.91 Å². The van der Waals surface area contributed by atoms with Gasteiger partial charge in [-0.2, -0.15) is 0 Å². The van der Waals surface area contributed by atoms with E-state index in [0.717, 1.165) is 12.8 Å². The molecule has 98 valence electrons. The largest absolute Gasteiger partial charge is 0.381 e. The summed E-state index contributed by atoms with van der Waals surface area (Å²) in [4.78, 5) is 14.6. The maximum absolute atomic E-state index is 12.7. The van der Waals surface area contributed by atoms with Crippen molar-refractivity contribution in [3.8, 4) is 0 Å². The van der Waals surface area contributed by atoms with Crippen molar-refractivity contribution in [2.45, 2.75) is 25.8 Å². The minimum absolute atomic E-state index is 0.155. The van der Waals surface area contributed by atoms with Crippen molar-refractivity contribution in [2.24, 2.45) is 11.1 Å². The van der Waals surface area contributed by atoms with Gasteiger partial charge in [0.1, 0.15) is 0 Å². The molecule has 0 radical (unpaired) electrons. The van der Waals surface area contributed by atoms with Gasteiger partial charge in [-0.05, 0) is 19.8 Å². The molecule has 0 aromatic heterocycles. The SMILES string of the molecule is CC1COCCN1C(=O)C1(CN)CCOCC1. The lowest BCUT2D eigenvalue weighted by atomic mass is 9.78. The lowest BCUT2D eigenvalue weighted by molar-refractivity contribution is -0.155. The normalized spacial score (nSPS) is 29.1. The number of amides is 1. The summed E-state index contributed by atoms with van der Waals surface area (Å²) in [6, 6.07) is 0.155. The van der Waals surface area contributed by atoms with Crippen LogP contribution in [0.2, 0.25) is 0 Å². The Hall–Kier alpha value is -0.650. The second kappa shape index (κ2) is 5.33. The topological polar surface area (TPSA) is 64.8 Å². The molecule has 0 saturated carbocycles. The molecule has 5 nitrogen and oxygen atoms in total. The van der Waals surface area contributed by atoms with Gasteiger partial charge in [0, 0.05) is 26.3 Å². The molecule has 2 aliphatic rings. The fourth-order valence-electron chi connectivity index (χ4n) is 2.60. The van der Waals surface area contributed by atoms with Crippen LogP contribution in [0.5, 0.6) is 0 Å². The van der Waals surface area contributed by atoms with E-state index < -0.39 is 5.41 Å². The van der Waals surface area contributed by atoms with Crippen LogP contribution in [0.4, 0.5) is 0 Å². The van der Waals surface area contributed by atoms with Gasteiger partial charge < -0.3 is 20.1 Å². The van der Waals surface area contributed by atoms with E-state index in [1.807, 2.05) is 11.8 Å². The van der Waals surface area contributed by atoms with Gasteiger partial charge in [0.25, 0.3) is 0 Å². The summed E-state index contributed by atoms with van der Waals surface area (Å²) < 4.78 is 10.7. The molecular formula is C12H22N2O3. The minimum atomic E-state index is -0.399. The summed E-state index contributed by atoms with van der Waals surface area (Å²) in [5.74, 6) is 0.194. The van der Waals surface area contributed by atoms with Crippen molar-refractivity contribution in [1.82, 2.24) is 4.90 Å². The van der Waals surface area contributed by atoms with Gasteiger partial charge in [0.15, 0.2) is 0 Å². The van der Waals surface area contributed by atoms with Crippen LogP contribution in [0.25, 0.3) is 0 Å². The first-order chi connectivity index (χ1) is 8.19. The molecule has 0 aliphatic carbocycles. The van der Waals surface area contributed by atoms with E-state index in [9.17, 15) is 4.79 Å². The fourth-order valence-corrected chi connectivity index (χ4v) is 2.60. The van der Waals surface area contributed by atoms with Crippen LogP contribution in [-0.2, 0) is 14.3 Å². The number of carbonyl (C=O) groups excluding carboxylic acids is 1. The molecule has 0 spiro atoms. The maximum atomic E-state index is 12.7. The van der Waals surface area contributed by atoms with Crippen molar-refractivity contribution in [2.75, 3.05) is 39.5 Å². The molecule has 2 rings (SSSR count). The maximum Gasteiger partial charge on any atom is 0.230 e. The van der Waals surface area contributed by atoms with E-state index in [-0.39, 0.29) is 11.9 Å². The number of nitrogens with zero attached hydrogens (tertiary/aromatic N) is 1. The highest BCUT2D eigenvalue weighted by Gasteiger charge is 2.43. The third kappa shape index (κ3) is 2.46. The molecule has 1 atom stereocenters. The molecule has 2 heterocycles. The van der Waals surface area contributed by atoms with Crippen molar-refractivity contribution >= 4 is 5.91 Å². The molecule has 1 amide bonds. The molecule has 2 fully saturated rings. The average Bonchev–Trinajstić information content (AvgIpc) is 2.39. The zero-order valence-corrected chi connectivity index (χ0v) is 10.5. The van der Waals surface area contributed by atoms with E-state index in [0.29, 0.717) is 39.5 Å². The number of hydrogen-bond donors (Lipinski definition) is 1. The van der Waals surface area contributed by atoms with Crippen LogP contribution in [-0.4, -0.2) is 56.4 Å². The number of carbonyl (C=O) groups is 1. The first kappa shape index (κ1) is 12.8. The Morgan fingerprint density at radius 3 is 2.65 bits per heavy atom. The Bertz CT molecular complexity index is 277. The number of nitrogens with two attached hydrogens (primary N) is 1. The fraction of sp³-hybridized carbons (Fsp3) is 0.917. The Morgan fingerprint density at radius 2 is 2.06 bits per heavy atom. The van der Waals surface area contributed by atoms with E-state index >= 15 is 0 Å². The predicted molar refractivity (Wildman–Crippen MR) is 63.5 cm³/mol. The Labute approximate surface area is 102 Å². The number of rotatable bonds is 2. The van der Waals surface area contributed by atoms with Gasteiger partial charge in [-0.25, -0.2) is 0 Å². The molecule has 17 heavy (non-hydrogen) atoms. The van der Waals surface area contributed by atoms with Crippen molar-refractivity contribution in [3.63, 3.8) is 0 Å². The Kier molecular flexibility index (Phi) is 4.01. The van der Waals surface area contributed by atoms with Crippen LogP contribution in [0.1, 0.15) is 19.8 Å². The molecule has 1 unspecified atom stereocenters. The van der Waals surface area contributed by atoms with E-state index in [1.165, 1.54) is 0 Å². The summed E-state index contributed by atoms with van der Waals surface area (Å²) in [5.41, 5.74) is 5.46. The molecule has 5 heteroatoms. The first-order valence-electron chi connectivity index (χ1n) is 6.36. The molecule has 2 saturated heterocycles. The highest BCUT2D eigenvalue weighted by Crippen LogP contribution is 2.32. The van der Waals surface area contributed by atoms with Gasteiger partial charge >= 0.3 is 0 Å². The highest BCUT2D eigenvalue weighted by molar-refractivity contribution is 5.83. The van der Waals surface area contributed by atoms with Gasteiger partial charge in [0.05, 0.1) is 24.7 Å². The molecule has 0 bridgehead atoms. The summed E-state index contributed by atoms with van der Waals surface area (Å²) in [6.07, 6.45) is 1.48. The monoisotopic (exact) mass is 242 g/mol. The third-order valence-electron chi connectivity index (χ3n) is 3.92. The van der Waals surface area contributed by atoms with Crippen molar-refractivity contribution in [1.29, 1.82) is 0 Å². The smallest absolute Gasteiger partial charge is 0.230 e. The number of hydrogen-bond acceptors (Lipinski definition) is 4. The molecular weight excluding hydrogens is 220 g/mol. The highest BCUT2D eigenvalue weighted by atomic mass is 16.5. The summed E-state index contributed by atoms with van der Waals surface area (Å²) in [7, 11) is 0. The van der Waals surface area contributed by atoms with E-state index in [1.54, 1.807) is 0 Å². The third-order valence-corrected chi connectivity index (χ3v) is 3.92. The molecule has 0 aromatic rings.